The van der Waals surface area contributed by atoms with Gasteiger partial charge in [-0.1, -0.05) is 82.2 Å². The van der Waals surface area contributed by atoms with Gasteiger partial charge in [0.2, 0.25) is 0 Å². The Balaban J connectivity index is 2.01. The summed E-state index contributed by atoms with van der Waals surface area (Å²) in [6, 6.07) is 9.21. The number of benzene rings is 1. The molecule has 1 aliphatic carbocycles. The van der Waals surface area contributed by atoms with Gasteiger partial charge in [0.15, 0.2) is 12.2 Å². The third-order valence-corrected chi connectivity index (χ3v) is 5.49. The molecule has 0 heterocycles. The summed E-state index contributed by atoms with van der Waals surface area (Å²) >= 11 is 0. The van der Waals surface area contributed by atoms with Crippen LogP contribution in [0.3, 0.4) is 0 Å². The molecule has 1 N–H and O–H groups in total. The average molecular weight is 386 g/mol. The lowest BCUT2D eigenvalue weighted by Gasteiger charge is -2.36. The van der Waals surface area contributed by atoms with Crippen molar-refractivity contribution in [3.63, 3.8) is 0 Å². The number of hydrogen-bond acceptors (Lipinski definition) is 4. The molecule has 28 heavy (non-hydrogen) atoms. The quantitative estimate of drug-likeness (QED) is 0.543. The smallest absolute Gasteiger partial charge is 0.344 e. The van der Waals surface area contributed by atoms with Gasteiger partial charge >= 0.3 is 5.97 Å². The second kappa shape index (κ2) is 11.2. The van der Waals surface area contributed by atoms with E-state index in [1.807, 2.05) is 30.3 Å². The number of esters is 1. The van der Waals surface area contributed by atoms with Crippen molar-refractivity contribution in [2.24, 2.45) is 11.8 Å². The molecule has 0 saturated heterocycles. The fraction of sp³-hybridized carbons (Fsp3) is 0.625. The van der Waals surface area contributed by atoms with E-state index >= 15 is 0 Å². The molecule has 1 atom stereocenters. The van der Waals surface area contributed by atoms with Crippen molar-refractivity contribution in [1.82, 2.24) is 4.90 Å². The third-order valence-electron chi connectivity index (χ3n) is 5.49. The molecule has 0 aromatic heterocycles. The van der Waals surface area contributed by atoms with Gasteiger partial charge in [-0.25, -0.2) is 4.79 Å². The predicted octanol–water partition coefficient (Wildman–Crippen LogP) is 3.98. The lowest BCUT2D eigenvalue weighted by Crippen LogP contribution is -2.45. The fourth-order valence-electron chi connectivity index (χ4n) is 3.99. The standard InChI is InChI=1S/C24H35NO3/c1-4-25(19-20(2)3)17-11-12-18-28-23(26)24(27,21-13-7-5-8-14-21)22-15-9-6-10-16-22/h5,7-8,13-14,20,22,27H,4,6,9-10,15-19H2,1-3H3. The largest absolute Gasteiger partial charge is 0.450 e. The monoisotopic (exact) mass is 385 g/mol. The van der Waals surface area contributed by atoms with E-state index in [9.17, 15) is 9.90 Å². The van der Waals surface area contributed by atoms with Crippen LogP contribution in [0.4, 0.5) is 0 Å². The van der Waals surface area contributed by atoms with Gasteiger partial charge in [-0.2, -0.15) is 0 Å². The molecular formula is C24H35NO3. The first-order valence-corrected chi connectivity index (χ1v) is 10.6. The molecule has 1 unspecified atom stereocenters. The Morgan fingerprint density at radius 2 is 1.89 bits per heavy atom. The zero-order valence-corrected chi connectivity index (χ0v) is 17.6. The minimum Gasteiger partial charge on any atom is -0.450 e. The van der Waals surface area contributed by atoms with Crippen LogP contribution in [-0.2, 0) is 15.1 Å². The molecule has 0 bridgehead atoms. The highest BCUT2D eigenvalue weighted by atomic mass is 16.5. The maximum Gasteiger partial charge on any atom is 0.344 e. The van der Waals surface area contributed by atoms with Gasteiger partial charge in [-0.15, -0.1) is 0 Å². The Labute approximate surface area is 170 Å². The molecule has 0 radical (unpaired) electrons. The third kappa shape index (κ3) is 6.09. The summed E-state index contributed by atoms with van der Waals surface area (Å²) < 4.78 is 5.43. The first-order valence-electron chi connectivity index (χ1n) is 10.6. The SMILES string of the molecule is CCN(CC#CCOC(=O)C(O)(c1ccccc1)C1CCCCC1)CC(C)C. The summed E-state index contributed by atoms with van der Waals surface area (Å²) in [5, 5.41) is 11.4. The van der Waals surface area contributed by atoms with Crippen LogP contribution in [0, 0.1) is 23.7 Å². The van der Waals surface area contributed by atoms with Crippen LogP contribution < -0.4 is 0 Å². The Hall–Kier alpha value is -1.83. The number of carbonyl (C=O) groups is 1. The van der Waals surface area contributed by atoms with Crippen molar-refractivity contribution in [3.05, 3.63) is 35.9 Å². The van der Waals surface area contributed by atoms with Gasteiger partial charge in [0.25, 0.3) is 0 Å². The number of ether oxygens (including phenoxy) is 1. The topological polar surface area (TPSA) is 49.8 Å². The van der Waals surface area contributed by atoms with Crippen molar-refractivity contribution < 1.29 is 14.6 Å². The number of aliphatic hydroxyl groups is 1. The minimum absolute atomic E-state index is 0.0138. The molecule has 1 aliphatic rings. The molecule has 0 amide bonds. The summed E-state index contributed by atoms with van der Waals surface area (Å²) in [6.07, 6.45) is 4.91. The maximum absolute atomic E-state index is 12.9. The Morgan fingerprint density at radius 1 is 1.21 bits per heavy atom. The normalized spacial score (nSPS) is 17.1. The van der Waals surface area contributed by atoms with E-state index in [4.69, 9.17) is 4.74 Å². The number of hydrogen-bond donors (Lipinski definition) is 1. The van der Waals surface area contributed by atoms with Gasteiger partial charge < -0.3 is 9.84 Å². The van der Waals surface area contributed by atoms with Crippen molar-refractivity contribution in [2.75, 3.05) is 26.2 Å². The Kier molecular flexibility index (Phi) is 9.02. The average Bonchev–Trinajstić information content (AvgIpc) is 2.72. The highest BCUT2D eigenvalue weighted by Crippen LogP contribution is 2.40. The van der Waals surface area contributed by atoms with E-state index in [-0.39, 0.29) is 12.5 Å². The van der Waals surface area contributed by atoms with Crippen LogP contribution in [0.2, 0.25) is 0 Å². The highest BCUT2D eigenvalue weighted by Gasteiger charge is 2.46. The lowest BCUT2D eigenvalue weighted by atomic mass is 9.73. The van der Waals surface area contributed by atoms with Crippen molar-refractivity contribution in [3.8, 4) is 11.8 Å². The number of nitrogens with zero attached hydrogens (tertiary/aromatic N) is 1. The van der Waals surface area contributed by atoms with E-state index < -0.39 is 11.6 Å². The van der Waals surface area contributed by atoms with Crippen molar-refractivity contribution >= 4 is 5.97 Å². The van der Waals surface area contributed by atoms with E-state index in [2.05, 4.69) is 37.5 Å². The molecule has 1 saturated carbocycles. The molecular weight excluding hydrogens is 350 g/mol. The van der Waals surface area contributed by atoms with Crippen LogP contribution in [0.15, 0.2) is 30.3 Å². The molecule has 1 aromatic rings. The van der Waals surface area contributed by atoms with Crippen LogP contribution in [0.25, 0.3) is 0 Å². The van der Waals surface area contributed by atoms with E-state index in [1.165, 1.54) is 0 Å². The molecule has 0 spiro atoms. The summed E-state index contributed by atoms with van der Waals surface area (Å²) in [4.78, 5) is 15.2. The van der Waals surface area contributed by atoms with Crippen molar-refractivity contribution in [2.45, 2.75) is 58.5 Å². The summed E-state index contributed by atoms with van der Waals surface area (Å²) in [5.41, 5.74) is -0.967. The fourth-order valence-corrected chi connectivity index (χ4v) is 3.99. The lowest BCUT2D eigenvalue weighted by molar-refractivity contribution is -0.174. The van der Waals surface area contributed by atoms with Gasteiger partial charge in [0.1, 0.15) is 0 Å². The second-order valence-corrected chi connectivity index (χ2v) is 8.12. The summed E-state index contributed by atoms with van der Waals surface area (Å²) in [6.45, 7) is 9.12. The second-order valence-electron chi connectivity index (χ2n) is 8.12. The van der Waals surface area contributed by atoms with Gasteiger partial charge in [0, 0.05) is 12.5 Å². The predicted molar refractivity (Wildman–Crippen MR) is 113 cm³/mol. The van der Waals surface area contributed by atoms with E-state index in [0.717, 1.165) is 45.2 Å². The zero-order valence-electron chi connectivity index (χ0n) is 17.6. The number of rotatable bonds is 8. The van der Waals surface area contributed by atoms with Crippen LogP contribution in [0.1, 0.15) is 58.4 Å². The highest BCUT2D eigenvalue weighted by molar-refractivity contribution is 5.81. The number of carbonyl (C=O) groups excluding carboxylic acids is 1. The maximum atomic E-state index is 12.9. The molecule has 2 rings (SSSR count). The summed E-state index contributed by atoms with van der Waals surface area (Å²) in [7, 11) is 0. The molecule has 4 heteroatoms. The first-order chi connectivity index (χ1) is 13.5. The molecule has 1 fully saturated rings. The Bertz CT molecular complexity index is 655. The molecule has 0 aliphatic heterocycles. The Morgan fingerprint density at radius 3 is 2.50 bits per heavy atom. The van der Waals surface area contributed by atoms with Gasteiger partial charge in [0.05, 0.1) is 6.54 Å². The zero-order chi connectivity index (χ0) is 20.4. The molecule has 4 nitrogen and oxygen atoms in total. The van der Waals surface area contributed by atoms with Crippen LogP contribution in [-0.4, -0.2) is 42.2 Å². The van der Waals surface area contributed by atoms with Crippen molar-refractivity contribution in [1.29, 1.82) is 0 Å². The van der Waals surface area contributed by atoms with Crippen LogP contribution in [0.5, 0.6) is 0 Å². The van der Waals surface area contributed by atoms with Gasteiger partial charge in [-0.3, -0.25) is 4.90 Å². The molecule has 154 valence electrons. The van der Waals surface area contributed by atoms with Crippen LogP contribution >= 0.6 is 0 Å². The van der Waals surface area contributed by atoms with E-state index in [0.29, 0.717) is 18.0 Å². The van der Waals surface area contributed by atoms with E-state index in [1.54, 1.807) is 0 Å². The molecule has 1 aromatic carbocycles. The van der Waals surface area contributed by atoms with Gasteiger partial charge in [-0.05, 0) is 30.9 Å². The summed E-state index contributed by atoms with van der Waals surface area (Å²) in [5.74, 6) is 5.93. The minimum atomic E-state index is -1.59. The first kappa shape index (κ1) is 22.5.